The van der Waals surface area contributed by atoms with E-state index >= 15 is 0 Å². The van der Waals surface area contributed by atoms with E-state index < -0.39 is 0 Å². The first-order chi connectivity index (χ1) is 20.1. The molecule has 0 radical (unpaired) electrons. The molecule has 0 fully saturated rings. The lowest BCUT2D eigenvalue weighted by atomic mass is 9.71. The third kappa shape index (κ3) is 5.58. The van der Waals surface area contributed by atoms with E-state index in [2.05, 4.69) is 29.2 Å². The van der Waals surface area contributed by atoms with Gasteiger partial charge < -0.3 is 14.4 Å². The number of hydrogen-bond donors (Lipinski definition) is 0. The maximum absolute atomic E-state index is 13.7. The highest BCUT2D eigenvalue weighted by molar-refractivity contribution is 6.06. The van der Waals surface area contributed by atoms with Crippen molar-refractivity contribution in [2.24, 2.45) is 0 Å². The number of carbonyl (C=O) groups is 2. The summed E-state index contributed by atoms with van der Waals surface area (Å²) in [6.07, 6.45) is 5.31. The van der Waals surface area contributed by atoms with Crippen LogP contribution in [0.1, 0.15) is 68.1 Å². The van der Waals surface area contributed by atoms with Crippen molar-refractivity contribution >= 4 is 11.6 Å². The van der Waals surface area contributed by atoms with Crippen LogP contribution in [0.2, 0.25) is 0 Å². The number of Topliss-reactive ketones (excluding diaryl/α,β-unsaturated/α-hetero) is 2. The monoisotopic (exact) mass is 547 g/mol. The third-order valence-corrected chi connectivity index (χ3v) is 8.39. The molecule has 0 spiro atoms. The van der Waals surface area contributed by atoms with Crippen molar-refractivity contribution in [3.05, 3.63) is 118 Å². The Balaban J connectivity index is 1.40. The predicted octanol–water partition coefficient (Wildman–Crippen LogP) is 7.32. The zero-order chi connectivity index (χ0) is 28.2. The van der Waals surface area contributed by atoms with Crippen molar-refractivity contribution in [3.8, 4) is 11.5 Å². The van der Waals surface area contributed by atoms with Crippen LogP contribution < -0.4 is 9.47 Å². The second-order valence-electron chi connectivity index (χ2n) is 11.0. The van der Waals surface area contributed by atoms with Crippen LogP contribution in [0.25, 0.3) is 0 Å². The van der Waals surface area contributed by atoms with Crippen LogP contribution in [0.3, 0.4) is 0 Å². The summed E-state index contributed by atoms with van der Waals surface area (Å²) in [5.41, 5.74) is 7.09. The molecule has 3 aromatic carbocycles. The molecule has 2 aliphatic carbocycles. The molecule has 5 heteroatoms. The van der Waals surface area contributed by atoms with Gasteiger partial charge in [-0.2, -0.15) is 0 Å². The number of rotatable bonds is 9. The molecule has 1 heterocycles. The summed E-state index contributed by atoms with van der Waals surface area (Å²) in [5, 5.41) is 0. The summed E-state index contributed by atoms with van der Waals surface area (Å²) in [6.45, 7) is 3.64. The van der Waals surface area contributed by atoms with Crippen molar-refractivity contribution < 1.29 is 19.1 Å². The van der Waals surface area contributed by atoms with Crippen LogP contribution in [-0.2, 0) is 22.6 Å². The number of allylic oxidation sites excluding steroid dienone is 4. The molecule has 0 unspecified atom stereocenters. The number of nitrogens with zero attached hydrogens (tertiary/aromatic N) is 1. The zero-order valence-electron chi connectivity index (χ0n) is 23.7. The number of ketones is 2. The quantitative estimate of drug-likeness (QED) is 0.281. The largest absolute Gasteiger partial charge is 0.490 e. The fraction of sp³-hybridized carbons (Fsp3) is 0.333. The Hall–Kier alpha value is -4.12. The lowest BCUT2D eigenvalue weighted by molar-refractivity contribution is -0.117. The van der Waals surface area contributed by atoms with E-state index in [1.165, 1.54) is 5.56 Å². The summed E-state index contributed by atoms with van der Waals surface area (Å²) in [7, 11) is 0. The molecule has 6 rings (SSSR count). The van der Waals surface area contributed by atoms with Gasteiger partial charge in [0, 0.05) is 47.8 Å². The Bertz CT molecular complexity index is 1440. The molecule has 0 saturated heterocycles. The average molecular weight is 548 g/mol. The summed E-state index contributed by atoms with van der Waals surface area (Å²) in [6, 6.07) is 26.4. The van der Waals surface area contributed by atoms with E-state index in [0.29, 0.717) is 37.6 Å². The van der Waals surface area contributed by atoms with Crippen molar-refractivity contribution in [2.45, 2.75) is 64.4 Å². The summed E-state index contributed by atoms with van der Waals surface area (Å²) in [5.74, 6) is 1.26. The molecule has 210 valence electrons. The SMILES string of the molecule is CCOc1cc(C2C3=C(CCCC3=O)N(CCc3ccccc3)C3=C2C(=O)CCC3)ccc1OCc1ccccc1. The smallest absolute Gasteiger partial charge is 0.161 e. The number of carbonyl (C=O) groups excluding carboxylic acids is 2. The summed E-state index contributed by atoms with van der Waals surface area (Å²) in [4.78, 5) is 29.7. The highest BCUT2D eigenvalue weighted by Gasteiger charge is 2.43. The fourth-order valence-corrected chi connectivity index (χ4v) is 6.53. The van der Waals surface area contributed by atoms with Crippen LogP contribution in [-0.4, -0.2) is 29.6 Å². The van der Waals surface area contributed by atoms with Crippen LogP contribution in [0.4, 0.5) is 0 Å². The Labute approximate surface area is 242 Å². The average Bonchev–Trinajstić information content (AvgIpc) is 3.00. The third-order valence-electron chi connectivity index (χ3n) is 8.39. The van der Waals surface area contributed by atoms with Gasteiger partial charge in [-0.1, -0.05) is 66.7 Å². The first-order valence-corrected chi connectivity index (χ1v) is 14.9. The second kappa shape index (κ2) is 12.2. The number of benzene rings is 3. The molecule has 0 atom stereocenters. The first-order valence-electron chi connectivity index (χ1n) is 14.9. The van der Waals surface area contributed by atoms with Gasteiger partial charge in [-0.15, -0.1) is 0 Å². The topological polar surface area (TPSA) is 55.8 Å². The van der Waals surface area contributed by atoms with Gasteiger partial charge in [0.15, 0.2) is 23.1 Å². The van der Waals surface area contributed by atoms with Gasteiger partial charge in [-0.3, -0.25) is 9.59 Å². The molecule has 5 nitrogen and oxygen atoms in total. The van der Waals surface area contributed by atoms with Gasteiger partial charge in [-0.05, 0) is 67.9 Å². The summed E-state index contributed by atoms with van der Waals surface area (Å²) < 4.78 is 12.2. The van der Waals surface area contributed by atoms with E-state index in [0.717, 1.165) is 72.3 Å². The Kier molecular flexibility index (Phi) is 8.04. The van der Waals surface area contributed by atoms with E-state index in [1.807, 2.05) is 61.5 Å². The number of ether oxygens (including phenoxy) is 2. The van der Waals surface area contributed by atoms with E-state index in [9.17, 15) is 9.59 Å². The maximum atomic E-state index is 13.7. The van der Waals surface area contributed by atoms with Gasteiger partial charge >= 0.3 is 0 Å². The highest BCUT2D eigenvalue weighted by atomic mass is 16.5. The molecule has 3 aromatic rings. The molecule has 41 heavy (non-hydrogen) atoms. The van der Waals surface area contributed by atoms with E-state index in [-0.39, 0.29) is 17.5 Å². The summed E-state index contributed by atoms with van der Waals surface area (Å²) >= 11 is 0. The molecule has 0 aromatic heterocycles. The maximum Gasteiger partial charge on any atom is 0.161 e. The van der Waals surface area contributed by atoms with Crippen LogP contribution >= 0.6 is 0 Å². The van der Waals surface area contributed by atoms with Gasteiger partial charge in [0.1, 0.15) is 6.61 Å². The van der Waals surface area contributed by atoms with Gasteiger partial charge in [-0.25, -0.2) is 0 Å². The first kappa shape index (κ1) is 27.1. The molecule has 0 saturated carbocycles. The zero-order valence-corrected chi connectivity index (χ0v) is 23.7. The van der Waals surface area contributed by atoms with Crippen molar-refractivity contribution in [3.63, 3.8) is 0 Å². The second-order valence-corrected chi connectivity index (χ2v) is 11.0. The molecular formula is C36H37NO4. The Morgan fingerprint density at radius 1 is 0.707 bits per heavy atom. The van der Waals surface area contributed by atoms with Gasteiger partial charge in [0.05, 0.1) is 6.61 Å². The van der Waals surface area contributed by atoms with E-state index in [4.69, 9.17) is 9.47 Å². The molecule has 0 amide bonds. The van der Waals surface area contributed by atoms with Crippen LogP contribution in [0, 0.1) is 0 Å². The lowest BCUT2D eigenvalue weighted by Gasteiger charge is -2.44. The molecule has 1 aliphatic heterocycles. The number of hydrogen-bond acceptors (Lipinski definition) is 5. The minimum atomic E-state index is -0.365. The van der Waals surface area contributed by atoms with E-state index in [1.54, 1.807) is 0 Å². The van der Waals surface area contributed by atoms with Crippen molar-refractivity contribution in [1.82, 2.24) is 4.90 Å². The molecule has 3 aliphatic rings. The molecule has 0 N–H and O–H groups in total. The van der Waals surface area contributed by atoms with Crippen LogP contribution in [0.5, 0.6) is 11.5 Å². The predicted molar refractivity (Wildman–Crippen MR) is 160 cm³/mol. The normalized spacial score (nSPS) is 17.4. The minimum absolute atomic E-state index is 0.160. The van der Waals surface area contributed by atoms with Crippen LogP contribution in [0.15, 0.2) is 101 Å². The minimum Gasteiger partial charge on any atom is -0.490 e. The lowest BCUT2D eigenvalue weighted by Crippen LogP contribution is -2.39. The molecule has 0 bridgehead atoms. The standard InChI is InChI=1S/C36H37NO4/c1-2-40-33-23-27(19-20-32(33)41-24-26-13-7-4-8-14-26)34-35-28(15-9-17-30(35)38)37(22-21-25-11-5-3-6-12-25)29-16-10-18-31(39)36(29)34/h3-8,11-14,19-20,23,34H,2,9-10,15-18,21-22,24H2,1H3. The van der Waals surface area contributed by atoms with Crippen molar-refractivity contribution in [1.29, 1.82) is 0 Å². The van der Waals surface area contributed by atoms with Gasteiger partial charge in [0.2, 0.25) is 0 Å². The fourth-order valence-electron chi connectivity index (χ4n) is 6.53. The Morgan fingerprint density at radius 2 is 1.32 bits per heavy atom. The van der Waals surface area contributed by atoms with Gasteiger partial charge in [0.25, 0.3) is 0 Å². The Morgan fingerprint density at radius 3 is 1.93 bits per heavy atom. The highest BCUT2D eigenvalue weighted by Crippen LogP contribution is 2.50. The van der Waals surface area contributed by atoms with Crippen molar-refractivity contribution in [2.75, 3.05) is 13.2 Å². The molecular weight excluding hydrogens is 510 g/mol.